The third-order valence-corrected chi connectivity index (χ3v) is 3.34. The zero-order valence-electron chi connectivity index (χ0n) is 11.6. The van der Waals surface area contributed by atoms with Gasteiger partial charge in [-0.1, -0.05) is 12.1 Å². The van der Waals surface area contributed by atoms with E-state index in [1.54, 1.807) is 12.1 Å². The van der Waals surface area contributed by atoms with Crippen molar-refractivity contribution < 1.29 is 9.85 Å². The van der Waals surface area contributed by atoms with Gasteiger partial charge in [0, 0.05) is 35.6 Å². The first-order valence-corrected chi connectivity index (χ1v) is 6.44. The maximum absolute atomic E-state index is 10.7. The average molecular weight is 302 g/mol. The van der Waals surface area contributed by atoms with Crippen molar-refractivity contribution in [2.75, 3.05) is 11.5 Å². The lowest BCUT2D eigenvalue weighted by molar-refractivity contribution is -0.385. The number of nitro benzene ring substituents is 2. The molecule has 2 aromatic carbocycles. The maximum atomic E-state index is 10.7. The second-order valence-corrected chi connectivity index (χ2v) is 4.78. The van der Waals surface area contributed by atoms with Crippen LogP contribution in [0.5, 0.6) is 0 Å². The minimum atomic E-state index is -0.506. The topological polar surface area (TPSA) is 138 Å². The molecule has 0 saturated carbocycles. The average Bonchev–Trinajstić information content (AvgIpc) is 2.46. The highest BCUT2D eigenvalue weighted by atomic mass is 16.6. The SMILES string of the molecule is Nc1cc([N+](=O)[O-])ccc1CCc1ccc([N+](=O)[O-])cc1N. The van der Waals surface area contributed by atoms with Crippen LogP contribution in [0.3, 0.4) is 0 Å². The highest BCUT2D eigenvalue weighted by molar-refractivity contribution is 5.56. The molecule has 0 aliphatic heterocycles. The molecular weight excluding hydrogens is 288 g/mol. The molecule has 8 heteroatoms. The van der Waals surface area contributed by atoms with Crippen molar-refractivity contribution in [2.24, 2.45) is 0 Å². The molecule has 0 amide bonds. The van der Waals surface area contributed by atoms with Crippen LogP contribution in [0.25, 0.3) is 0 Å². The number of nitrogens with zero attached hydrogens (tertiary/aromatic N) is 2. The fraction of sp³-hybridized carbons (Fsp3) is 0.143. The predicted octanol–water partition coefficient (Wildman–Crippen LogP) is 2.45. The van der Waals surface area contributed by atoms with Gasteiger partial charge < -0.3 is 11.5 Å². The summed E-state index contributed by atoms with van der Waals surface area (Å²) < 4.78 is 0. The normalized spacial score (nSPS) is 10.4. The Kier molecular flexibility index (Phi) is 4.21. The summed E-state index contributed by atoms with van der Waals surface area (Å²) in [4.78, 5) is 20.3. The monoisotopic (exact) mass is 302 g/mol. The first-order valence-electron chi connectivity index (χ1n) is 6.44. The standard InChI is InChI=1S/C14H14N4O4/c15-13-7-11(17(19)20)5-3-9(13)1-2-10-4-6-12(18(21)22)8-14(10)16/h3-8H,1-2,15-16H2. The summed E-state index contributed by atoms with van der Waals surface area (Å²) in [5, 5.41) is 21.3. The van der Waals surface area contributed by atoms with Crippen molar-refractivity contribution >= 4 is 22.7 Å². The lowest BCUT2D eigenvalue weighted by Crippen LogP contribution is -2.01. The molecule has 0 aromatic heterocycles. The number of non-ortho nitro benzene ring substituents is 2. The Morgan fingerprint density at radius 3 is 1.41 bits per heavy atom. The molecule has 0 fully saturated rings. The lowest BCUT2D eigenvalue weighted by Gasteiger charge is -2.08. The van der Waals surface area contributed by atoms with Gasteiger partial charge in [0.15, 0.2) is 0 Å². The summed E-state index contributed by atoms with van der Waals surface area (Å²) in [6.07, 6.45) is 1.07. The van der Waals surface area contributed by atoms with Gasteiger partial charge in [0.2, 0.25) is 0 Å². The summed E-state index contributed by atoms with van der Waals surface area (Å²) >= 11 is 0. The predicted molar refractivity (Wildman–Crippen MR) is 82.4 cm³/mol. The second-order valence-electron chi connectivity index (χ2n) is 4.78. The van der Waals surface area contributed by atoms with Crippen LogP contribution >= 0.6 is 0 Å². The van der Waals surface area contributed by atoms with Gasteiger partial charge in [-0.05, 0) is 24.0 Å². The number of hydrogen-bond donors (Lipinski definition) is 2. The van der Waals surface area contributed by atoms with Gasteiger partial charge in [0.25, 0.3) is 11.4 Å². The molecule has 2 rings (SSSR count). The van der Waals surface area contributed by atoms with E-state index in [0.717, 1.165) is 11.1 Å². The van der Waals surface area contributed by atoms with Crippen LogP contribution in [0.1, 0.15) is 11.1 Å². The summed E-state index contributed by atoms with van der Waals surface area (Å²) in [5.74, 6) is 0. The van der Waals surface area contributed by atoms with Crippen molar-refractivity contribution in [3.8, 4) is 0 Å². The van der Waals surface area contributed by atoms with Gasteiger partial charge in [0.1, 0.15) is 0 Å². The Bertz CT molecular complexity index is 682. The molecule has 0 spiro atoms. The van der Waals surface area contributed by atoms with E-state index in [9.17, 15) is 20.2 Å². The van der Waals surface area contributed by atoms with Crippen LogP contribution in [0.15, 0.2) is 36.4 Å². The number of aryl methyl sites for hydroxylation is 2. The molecule has 0 heterocycles. The van der Waals surface area contributed by atoms with E-state index in [2.05, 4.69) is 0 Å². The van der Waals surface area contributed by atoms with E-state index in [1.165, 1.54) is 24.3 Å². The van der Waals surface area contributed by atoms with Crippen LogP contribution in [0.2, 0.25) is 0 Å². The molecule has 0 unspecified atom stereocenters. The smallest absolute Gasteiger partial charge is 0.271 e. The number of nitro groups is 2. The fourth-order valence-electron chi connectivity index (χ4n) is 2.12. The molecular formula is C14H14N4O4. The lowest BCUT2D eigenvalue weighted by atomic mass is 10.0. The van der Waals surface area contributed by atoms with Crippen molar-refractivity contribution in [1.29, 1.82) is 0 Å². The summed E-state index contributed by atoms with van der Waals surface area (Å²) in [5.41, 5.74) is 13.7. The van der Waals surface area contributed by atoms with Crippen LogP contribution in [-0.4, -0.2) is 9.85 Å². The van der Waals surface area contributed by atoms with E-state index < -0.39 is 9.85 Å². The Hall–Kier alpha value is -3.16. The number of anilines is 2. The maximum Gasteiger partial charge on any atom is 0.271 e. The van der Waals surface area contributed by atoms with Crippen molar-refractivity contribution in [3.63, 3.8) is 0 Å². The van der Waals surface area contributed by atoms with Crippen LogP contribution in [-0.2, 0) is 12.8 Å². The molecule has 2 aromatic rings. The third-order valence-electron chi connectivity index (χ3n) is 3.34. The summed E-state index contributed by atoms with van der Waals surface area (Å²) in [6.45, 7) is 0. The highest BCUT2D eigenvalue weighted by Crippen LogP contribution is 2.24. The molecule has 22 heavy (non-hydrogen) atoms. The Labute approximate surface area is 125 Å². The third kappa shape index (κ3) is 3.29. The fourth-order valence-corrected chi connectivity index (χ4v) is 2.12. The molecule has 0 atom stereocenters. The summed E-state index contributed by atoms with van der Waals surface area (Å²) in [6, 6.07) is 8.63. The van der Waals surface area contributed by atoms with E-state index in [-0.39, 0.29) is 11.4 Å². The van der Waals surface area contributed by atoms with Gasteiger partial charge in [-0.3, -0.25) is 20.2 Å². The molecule has 0 radical (unpaired) electrons. The zero-order valence-corrected chi connectivity index (χ0v) is 11.6. The van der Waals surface area contributed by atoms with Gasteiger partial charge in [-0.2, -0.15) is 0 Å². The Morgan fingerprint density at radius 2 is 1.14 bits per heavy atom. The molecule has 0 aliphatic carbocycles. The second kappa shape index (κ2) is 6.08. The van der Waals surface area contributed by atoms with E-state index >= 15 is 0 Å². The van der Waals surface area contributed by atoms with Crippen LogP contribution < -0.4 is 11.5 Å². The van der Waals surface area contributed by atoms with E-state index in [0.29, 0.717) is 24.2 Å². The molecule has 8 nitrogen and oxygen atoms in total. The van der Waals surface area contributed by atoms with Gasteiger partial charge in [-0.15, -0.1) is 0 Å². The Morgan fingerprint density at radius 1 is 0.773 bits per heavy atom. The highest BCUT2D eigenvalue weighted by Gasteiger charge is 2.11. The number of hydrogen-bond acceptors (Lipinski definition) is 6. The summed E-state index contributed by atoms with van der Waals surface area (Å²) in [7, 11) is 0. The molecule has 0 saturated heterocycles. The van der Waals surface area contributed by atoms with Crippen LogP contribution in [0, 0.1) is 20.2 Å². The minimum Gasteiger partial charge on any atom is -0.398 e. The Balaban J connectivity index is 2.13. The molecule has 0 bridgehead atoms. The number of benzene rings is 2. The van der Waals surface area contributed by atoms with Crippen LogP contribution in [0.4, 0.5) is 22.7 Å². The number of nitrogen functional groups attached to an aromatic ring is 2. The first kappa shape index (κ1) is 15.2. The molecule has 114 valence electrons. The minimum absolute atomic E-state index is 0.0592. The molecule has 0 aliphatic rings. The van der Waals surface area contributed by atoms with Gasteiger partial charge in [0.05, 0.1) is 9.85 Å². The molecule has 4 N–H and O–H groups in total. The van der Waals surface area contributed by atoms with E-state index in [4.69, 9.17) is 11.5 Å². The number of nitrogens with two attached hydrogens (primary N) is 2. The van der Waals surface area contributed by atoms with Crippen molar-refractivity contribution in [1.82, 2.24) is 0 Å². The number of rotatable bonds is 5. The quantitative estimate of drug-likeness (QED) is 0.494. The van der Waals surface area contributed by atoms with E-state index in [1.807, 2.05) is 0 Å². The zero-order chi connectivity index (χ0) is 16.3. The largest absolute Gasteiger partial charge is 0.398 e. The van der Waals surface area contributed by atoms with Crippen molar-refractivity contribution in [3.05, 3.63) is 67.8 Å². The van der Waals surface area contributed by atoms with Crippen molar-refractivity contribution in [2.45, 2.75) is 12.8 Å². The van der Waals surface area contributed by atoms with Gasteiger partial charge >= 0.3 is 0 Å². The first-order chi connectivity index (χ1) is 10.4. The van der Waals surface area contributed by atoms with Gasteiger partial charge in [-0.25, -0.2) is 0 Å².